The summed E-state index contributed by atoms with van der Waals surface area (Å²) in [5, 5.41) is 0. The molecule has 0 radical (unpaired) electrons. The molecule has 2 nitrogen and oxygen atoms in total. The normalized spacial score (nSPS) is 11.2. The number of hydrogen-bond acceptors (Lipinski definition) is 2. The fraction of sp³-hybridized carbons (Fsp3) is 0.273. The molecule has 2 N–H and O–H groups in total. The van der Waals surface area contributed by atoms with Crippen LogP contribution in [-0.4, -0.2) is 13.7 Å². The number of rotatable bonds is 4. The summed E-state index contributed by atoms with van der Waals surface area (Å²) in [5.41, 5.74) is 6.75. The molecule has 0 amide bonds. The van der Waals surface area contributed by atoms with E-state index in [0.29, 0.717) is 23.2 Å². The lowest BCUT2D eigenvalue weighted by Crippen LogP contribution is -1.95. The van der Waals surface area contributed by atoms with Crippen LogP contribution in [0.3, 0.4) is 0 Å². The van der Waals surface area contributed by atoms with Gasteiger partial charge >= 0.3 is 0 Å². The molecule has 0 spiro atoms. The van der Waals surface area contributed by atoms with Crippen molar-refractivity contribution in [3.63, 3.8) is 0 Å². The highest BCUT2D eigenvalue weighted by molar-refractivity contribution is 9.10. The van der Waals surface area contributed by atoms with Crippen molar-refractivity contribution in [1.29, 1.82) is 0 Å². The fourth-order valence-corrected chi connectivity index (χ4v) is 1.76. The van der Waals surface area contributed by atoms with Crippen LogP contribution in [0.15, 0.2) is 22.7 Å². The summed E-state index contributed by atoms with van der Waals surface area (Å²) in [6.07, 6.45) is 3.38. The molecule has 0 bridgehead atoms. The summed E-state index contributed by atoms with van der Waals surface area (Å²) in [7, 11) is 1.60. The third kappa shape index (κ3) is 3.41. The molecule has 82 valence electrons. The zero-order chi connectivity index (χ0) is 11.3. The van der Waals surface area contributed by atoms with Crippen LogP contribution < -0.4 is 5.73 Å². The Hall–Kier alpha value is -0.710. The van der Waals surface area contributed by atoms with Crippen molar-refractivity contribution in [1.82, 2.24) is 0 Å². The second-order valence-corrected chi connectivity index (χ2v) is 3.91. The largest absolute Gasteiger partial charge is 0.380 e. The zero-order valence-electron chi connectivity index (χ0n) is 8.47. The smallest absolute Gasteiger partial charge is 0.144 e. The van der Waals surface area contributed by atoms with Crippen LogP contribution in [0.4, 0.5) is 4.39 Å². The molecule has 1 rings (SSSR count). The van der Waals surface area contributed by atoms with E-state index in [2.05, 4.69) is 15.9 Å². The minimum Gasteiger partial charge on any atom is -0.380 e. The number of methoxy groups -OCH3 is 1. The van der Waals surface area contributed by atoms with Gasteiger partial charge in [-0.15, -0.1) is 0 Å². The Bertz CT molecular complexity index is 366. The van der Waals surface area contributed by atoms with E-state index < -0.39 is 0 Å². The van der Waals surface area contributed by atoms with Crippen LogP contribution in [0, 0.1) is 5.82 Å². The molecule has 0 fully saturated rings. The van der Waals surface area contributed by atoms with Gasteiger partial charge in [0.1, 0.15) is 5.82 Å². The lowest BCUT2D eigenvalue weighted by molar-refractivity contribution is 0.185. The van der Waals surface area contributed by atoms with Gasteiger partial charge in [0.25, 0.3) is 0 Å². The first-order chi connectivity index (χ1) is 7.19. The maximum Gasteiger partial charge on any atom is 0.144 e. The second kappa shape index (κ2) is 6.00. The molecule has 0 aromatic heterocycles. The van der Waals surface area contributed by atoms with E-state index in [9.17, 15) is 4.39 Å². The van der Waals surface area contributed by atoms with Crippen LogP contribution in [0.25, 0.3) is 6.08 Å². The average molecular weight is 274 g/mol. The number of hydrogen-bond donors (Lipinski definition) is 1. The Labute approximate surface area is 97.1 Å². The highest BCUT2D eigenvalue weighted by Crippen LogP contribution is 2.22. The van der Waals surface area contributed by atoms with Crippen LogP contribution >= 0.6 is 15.9 Å². The van der Waals surface area contributed by atoms with Gasteiger partial charge in [0.15, 0.2) is 0 Å². The second-order valence-electron chi connectivity index (χ2n) is 3.05. The average Bonchev–Trinajstić information content (AvgIpc) is 2.21. The van der Waals surface area contributed by atoms with Gasteiger partial charge in [0, 0.05) is 19.2 Å². The molecule has 1 aromatic rings. The number of ether oxygens (including phenoxy) is 1. The van der Waals surface area contributed by atoms with Gasteiger partial charge in [-0.2, -0.15) is 0 Å². The highest BCUT2D eigenvalue weighted by Gasteiger charge is 2.06. The van der Waals surface area contributed by atoms with Gasteiger partial charge in [-0.25, -0.2) is 4.39 Å². The highest BCUT2D eigenvalue weighted by atomic mass is 79.9. The molecular formula is C11H13BrFNO. The monoisotopic (exact) mass is 273 g/mol. The summed E-state index contributed by atoms with van der Waals surface area (Å²) in [5.74, 6) is -0.278. The summed E-state index contributed by atoms with van der Waals surface area (Å²) in [4.78, 5) is 0. The first-order valence-corrected chi connectivity index (χ1v) is 5.31. The van der Waals surface area contributed by atoms with Crippen molar-refractivity contribution < 1.29 is 9.13 Å². The number of nitrogens with two attached hydrogens (primary N) is 1. The topological polar surface area (TPSA) is 35.2 Å². The van der Waals surface area contributed by atoms with Crippen molar-refractivity contribution in [3.8, 4) is 0 Å². The Kier molecular flexibility index (Phi) is 4.94. The summed E-state index contributed by atoms with van der Waals surface area (Å²) in [6, 6.07) is 3.45. The lowest BCUT2D eigenvalue weighted by Gasteiger charge is -2.05. The van der Waals surface area contributed by atoms with Crippen molar-refractivity contribution in [2.45, 2.75) is 6.61 Å². The van der Waals surface area contributed by atoms with Crippen molar-refractivity contribution in [2.24, 2.45) is 5.73 Å². The summed E-state index contributed by atoms with van der Waals surface area (Å²) in [6.45, 7) is 0.855. The van der Waals surface area contributed by atoms with E-state index in [4.69, 9.17) is 10.5 Å². The van der Waals surface area contributed by atoms with Crippen LogP contribution in [0.5, 0.6) is 0 Å². The van der Waals surface area contributed by atoms with Crippen molar-refractivity contribution >= 4 is 22.0 Å². The first-order valence-electron chi connectivity index (χ1n) is 4.52. The summed E-state index contributed by atoms with van der Waals surface area (Å²) < 4.78 is 19.0. The molecule has 0 aliphatic heterocycles. The van der Waals surface area contributed by atoms with Gasteiger partial charge in [0.05, 0.1) is 11.1 Å². The van der Waals surface area contributed by atoms with Crippen LogP contribution in [0.1, 0.15) is 11.1 Å². The molecule has 1 aromatic carbocycles. The predicted octanol–water partition coefficient (Wildman–Crippen LogP) is 2.71. The first kappa shape index (κ1) is 12.4. The molecule has 0 unspecified atom stereocenters. The zero-order valence-corrected chi connectivity index (χ0v) is 10.1. The lowest BCUT2D eigenvalue weighted by atomic mass is 10.1. The Morgan fingerprint density at radius 1 is 1.53 bits per heavy atom. The van der Waals surface area contributed by atoms with E-state index >= 15 is 0 Å². The molecule has 0 aliphatic rings. The Morgan fingerprint density at radius 3 is 2.87 bits per heavy atom. The van der Waals surface area contributed by atoms with Crippen LogP contribution in [0.2, 0.25) is 0 Å². The third-order valence-corrected chi connectivity index (χ3v) is 2.44. The van der Waals surface area contributed by atoms with Gasteiger partial charge in [-0.05, 0) is 33.6 Å². The maximum absolute atomic E-state index is 13.6. The van der Waals surface area contributed by atoms with Gasteiger partial charge in [0.2, 0.25) is 0 Å². The quantitative estimate of drug-likeness (QED) is 0.916. The van der Waals surface area contributed by atoms with Crippen molar-refractivity contribution in [3.05, 3.63) is 39.6 Å². The molecule has 0 heterocycles. The molecule has 0 atom stereocenters. The molecule has 0 saturated carbocycles. The van der Waals surface area contributed by atoms with E-state index in [1.165, 1.54) is 0 Å². The maximum atomic E-state index is 13.6. The van der Waals surface area contributed by atoms with E-state index in [-0.39, 0.29) is 5.82 Å². The molecular weight excluding hydrogens is 261 g/mol. The minimum atomic E-state index is -0.278. The predicted molar refractivity (Wildman–Crippen MR) is 62.9 cm³/mol. The van der Waals surface area contributed by atoms with E-state index in [1.807, 2.05) is 0 Å². The minimum absolute atomic E-state index is 0.278. The third-order valence-electron chi connectivity index (χ3n) is 1.86. The standard InChI is InChI=1S/C11H13BrFNO/c1-15-7-8-5-9(3-2-4-14)11(13)10(12)6-8/h2-3,5-6H,4,7,14H2,1H3/b3-2+. The van der Waals surface area contributed by atoms with E-state index in [1.54, 1.807) is 31.4 Å². The van der Waals surface area contributed by atoms with Crippen LogP contribution in [-0.2, 0) is 11.3 Å². The Balaban J connectivity index is 3.07. The molecule has 0 aliphatic carbocycles. The SMILES string of the molecule is COCc1cc(Br)c(F)c(/C=C/CN)c1. The Morgan fingerprint density at radius 2 is 2.27 bits per heavy atom. The van der Waals surface area contributed by atoms with Gasteiger partial charge in [-0.3, -0.25) is 0 Å². The van der Waals surface area contributed by atoms with E-state index in [0.717, 1.165) is 5.56 Å². The van der Waals surface area contributed by atoms with Crippen molar-refractivity contribution in [2.75, 3.05) is 13.7 Å². The number of benzene rings is 1. The van der Waals surface area contributed by atoms with Gasteiger partial charge < -0.3 is 10.5 Å². The molecule has 4 heteroatoms. The molecule has 0 saturated heterocycles. The number of halogens is 2. The molecule has 15 heavy (non-hydrogen) atoms. The van der Waals surface area contributed by atoms with Gasteiger partial charge in [-0.1, -0.05) is 12.2 Å². The fourth-order valence-electron chi connectivity index (χ4n) is 1.24. The summed E-state index contributed by atoms with van der Waals surface area (Å²) >= 11 is 3.16.